The van der Waals surface area contributed by atoms with Gasteiger partial charge >= 0.3 is 0 Å². The topological polar surface area (TPSA) is 35.6 Å². The molecule has 22 heavy (non-hydrogen) atoms. The largest absolute Gasteiger partial charge is 0.342 e. The molecule has 1 aliphatic heterocycles. The average Bonchev–Trinajstić information content (AvgIpc) is 2.58. The summed E-state index contributed by atoms with van der Waals surface area (Å²) < 4.78 is 0. The molecule has 0 aromatic carbocycles. The molecule has 1 N–H and O–H groups in total. The van der Waals surface area contributed by atoms with Crippen molar-refractivity contribution < 1.29 is 4.79 Å². The molecule has 126 valence electrons. The third-order valence-corrected chi connectivity index (χ3v) is 6.31. The lowest BCUT2D eigenvalue weighted by molar-refractivity contribution is -0.136. The third kappa shape index (κ3) is 3.48. The van der Waals surface area contributed by atoms with Crippen LogP contribution in [0.5, 0.6) is 0 Å². The molecule has 1 saturated heterocycles. The minimum absolute atomic E-state index is 0.263. The molecular weight excluding hydrogens is 274 g/mol. The second kappa shape index (κ2) is 7.31. The highest BCUT2D eigenvalue weighted by Gasteiger charge is 2.40. The molecule has 4 heteroatoms. The maximum Gasteiger partial charge on any atom is 0.236 e. The Morgan fingerprint density at radius 2 is 1.82 bits per heavy atom. The van der Waals surface area contributed by atoms with Crippen molar-refractivity contribution in [1.82, 2.24) is 15.1 Å². The van der Waals surface area contributed by atoms with Gasteiger partial charge in [0.25, 0.3) is 0 Å². The lowest BCUT2D eigenvalue weighted by Gasteiger charge is -2.50. The van der Waals surface area contributed by atoms with E-state index in [9.17, 15) is 4.79 Å². The number of nitrogens with one attached hydrogen (secondary N) is 1. The van der Waals surface area contributed by atoms with Crippen LogP contribution in [0.1, 0.15) is 64.2 Å². The zero-order chi connectivity index (χ0) is 15.4. The predicted octanol–water partition coefficient (Wildman–Crippen LogP) is 2.39. The van der Waals surface area contributed by atoms with Gasteiger partial charge in [-0.15, -0.1) is 0 Å². The molecule has 3 fully saturated rings. The zero-order valence-corrected chi connectivity index (χ0v) is 14.3. The van der Waals surface area contributed by atoms with E-state index in [0.717, 1.165) is 19.6 Å². The summed E-state index contributed by atoms with van der Waals surface area (Å²) in [7, 11) is 2.04. The number of amides is 1. The van der Waals surface area contributed by atoms with E-state index < -0.39 is 0 Å². The number of nitrogens with zero attached hydrogens (tertiary/aromatic N) is 2. The number of carbonyl (C=O) groups excluding carboxylic acids is 1. The van der Waals surface area contributed by atoms with Gasteiger partial charge in [0.2, 0.25) is 5.91 Å². The first-order valence-corrected chi connectivity index (χ1v) is 9.43. The molecule has 3 rings (SSSR count). The van der Waals surface area contributed by atoms with Gasteiger partial charge in [-0.2, -0.15) is 0 Å². The second-order valence-corrected chi connectivity index (χ2v) is 7.68. The predicted molar refractivity (Wildman–Crippen MR) is 89.9 cm³/mol. The molecule has 3 aliphatic rings. The van der Waals surface area contributed by atoms with E-state index in [4.69, 9.17) is 0 Å². The number of carbonyl (C=O) groups is 1. The lowest BCUT2D eigenvalue weighted by Crippen LogP contribution is -2.63. The van der Waals surface area contributed by atoms with E-state index in [1.165, 1.54) is 64.2 Å². The van der Waals surface area contributed by atoms with E-state index in [1.54, 1.807) is 0 Å². The number of hydrogen-bond donors (Lipinski definition) is 1. The fraction of sp³-hybridized carbons (Fsp3) is 0.944. The molecule has 0 bridgehead atoms. The van der Waals surface area contributed by atoms with Crippen LogP contribution in [0.3, 0.4) is 0 Å². The van der Waals surface area contributed by atoms with Crippen LogP contribution in [-0.2, 0) is 4.79 Å². The van der Waals surface area contributed by atoms with E-state index in [-0.39, 0.29) is 5.54 Å². The Morgan fingerprint density at radius 1 is 1.14 bits per heavy atom. The van der Waals surface area contributed by atoms with Crippen LogP contribution in [0, 0.1) is 0 Å². The average molecular weight is 307 g/mol. The summed E-state index contributed by atoms with van der Waals surface area (Å²) in [5.74, 6) is 0.346. The normalized spacial score (nSPS) is 27.0. The van der Waals surface area contributed by atoms with Crippen LogP contribution >= 0.6 is 0 Å². The minimum atomic E-state index is 0.263. The van der Waals surface area contributed by atoms with Gasteiger partial charge in [-0.3, -0.25) is 9.69 Å². The van der Waals surface area contributed by atoms with Crippen molar-refractivity contribution in [2.45, 2.75) is 75.8 Å². The van der Waals surface area contributed by atoms with Crippen LogP contribution in [0.25, 0.3) is 0 Å². The maximum absolute atomic E-state index is 12.8. The number of rotatable bonds is 3. The van der Waals surface area contributed by atoms with Crippen molar-refractivity contribution in [1.29, 1.82) is 0 Å². The molecule has 0 aromatic rings. The van der Waals surface area contributed by atoms with E-state index in [1.807, 2.05) is 7.05 Å². The van der Waals surface area contributed by atoms with E-state index >= 15 is 0 Å². The van der Waals surface area contributed by atoms with Crippen molar-refractivity contribution in [3.8, 4) is 0 Å². The first-order valence-electron chi connectivity index (χ1n) is 9.43. The SMILES string of the molecule is CN(C(=O)CN1CCNCC12CCCCC2)C1CCCCC1. The Bertz CT molecular complexity index is 364. The van der Waals surface area contributed by atoms with Crippen LogP contribution in [0.2, 0.25) is 0 Å². The summed E-state index contributed by atoms with van der Waals surface area (Å²) in [6.07, 6.45) is 12.9. The summed E-state index contributed by atoms with van der Waals surface area (Å²) >= 11 is 0. The van der Waals surface area contributed by atoms with Crippen molar-refractivity contribution in [3.63, 3.8) is 0 Å². The van der Waals surface area contributed by atoms with Crippen LogP contribution in [0.15, 0.2) is 0 Å². The van der Waals surface area contributed by atoms with Gasteiger partial charge in [-0.05, 0) is 25.7 Å². The van der Waals surface area contributed by atoms with Gasteiger partial charge in [0.15, 0.2) is 0 Å². The molecule has 2 aliphatic carbocycles. The number of hydrogen-bond acceptors (Lipinski definition) is 3. The second-order valence-electron chi connectivity index (χ2n) is 7.68. The van der Waals surface area contributed by atoms with Gasteiger partial charge in [-0.25, -0.2) is 0 Å². The maximum atomic E-state index is 12.8. The molecule has 4 nitrogen and oxygen atoms in total. The van der Waals surface area contributed by atoms with Crippen LogP contribution in [-0.4, -0.2) is 60.5 Å². The van der Waals surface area contributed by atoms with Crippen molar-refractivity contribution in [3.05, 3.63) is 0 Å². The Balaban J connectivity index is 1.60. The highest BCUT2D eigenvalue weighted by atomic mass is 16.2. The molecule has 1 amide bonds. The monoisotopic (exact) mass is 307 g/mol. The van der Waals surface area contributed by atoms with Crippen molar-refractivity contribution in [2.75, 3.05) is 33.2 Å². The summed E-state index contributed by atoms with van der Waals surface area (Å²) in [5, 5.41) is 3.57. The van der Waals surface area contributed by atoms with Gasteiger partial charge in [-0.1, -0.05) is 38.5 Å². The zero-order valence-electron chi connectivity index (χ0n) is 14.3. The number of likely N-dealkylation sites (N-methyl/N-ethyl adjacent to an activating group) is 1. The van der Waals surface area contributed by atoms with Gasteiger partial charge in [0.05, 0.1) is 6.54 Å². The highest BCUT2D eigenvalue weighted by molar-refractivity contribution is 5.78. The van der Waals surface area contributed by atoms with Gasteiger partial charge in [0, 0.05) is 38.3 Å². The van der Waals surface area contributed by atoms with Gasteiger partial charge in [0.1, 0.15) is 0 Å². The number of piperazine rings is 1. The summed E-state index contributed by atoms with van der Waals surface area (Å²) in [6.45, 7) is 3.77. The van der Waals surface area contributed by atoms with Crippen LogP contribution in [0.4, 0.5) is 0 Å². The quantitative estimate of drug-likeness (QED) is 0.869. The van der Waals surface area contributed by atoms with Crippen molar-refractivity contribution in [2.24, 2.45) is 0 Å². The Labute approximate surface area is 135 Å². The summed E-state index contributed by atoms with van der Waals surface area (Å²) in [4.78, 5) is 17.4. The molecule has 0 unspecified atom stereocenters. The third-order valence-electron chi connectivity index (χ3n) is 6.31. The first kappa shape index (κ1) is 16.3. The fourth-order valence-corrected chi connectivity index (χ4v) is 4.78. The van der Waals surface area contributed by atoms with Gasteiger partial charge < -0.3 is 10.2 Å². The standard InChI is InChI=1S/C18H33N3O/c1-20(16-8-4-2-5-9-16)17(22)14-21-13-12-19-15-18(21)10-6-3-7-11-18/h16,19H,2-15H2,1H3. The summed E-state index contributed by atoms with van der Waals surface area (Å²) in [5.41, 5.74) is 0.263. The molecular formula is C18H33N3O. The first-order chi connectivity index (χ1) is 10.7. The molecule has 1 spiro atoms. The van der Waals surface area contributed by atoms with E-state index in [0.29, 0.717) is 18.5 Å². The Kier molecular flexibility index (Phi) is 5.40. The minimum Gasteiger partial charge on any atom is -0.342 e. The Morgan fingerprint density at radius 3 is 2.55 bits per heavy atom. The fourth-order valence-electron chi connectivity index (χ4n) is 4.78. The highest BCUT2D eigenvalue weighted by Crippen LogP contribution is 2.34. The molecule has 1 heterocycles. The lowest BCUT2D eigenvalue weighted by atomic mass is 9.79. The van der Waals surface area contributed by atoms with Crippen molar-refractivity contribution >= 4 is 5.91 Å². The Hall–Kier alpha value is -0.610. The summed E-state index contributed by atoms with van der Waals surface area (Å²) in [6, 6.07) is 0.492. The molecule has 0 aromatic heterocycles. The molecule has 2 saturated carbocycles. The molecule has 0 radical (unpaired) electrons. The van der Waals surface area contributed by atoms with E-state index in [2.05, 4.69) is 15.1 Å². The molecule has 0 atom stereocenters. The smallest absolute Gasteiger partial charge is 0.236 e. The van der Waals surface area contributed by atoms with Crippen LogP contribution < -0.4 is 5.32 Å².